The number of aryl methyl sites for hydroxylation is 2. The third-order valence-corrected chi connectivity index (χ3v) is 5.76. The minimum Gasteiger partial charge on any atom is -0.332 e. The van der Waals surface area contributed by atoms with Gasteiger partial charge in [0.2, 0.25) is 0 Å². The average Bonchev–Trinajstić information content (AvgIpc) is 2.33. The molecule has 0 atom stereocenters. The van der Waals surface area contributed by atoms with E-state index in [-0.39, 0.29) is 11.6 Å². The van der Waals surface area contributed by atoms with E-state index in [4.69, 9.17) is 0 Å². The van der Waals surface area contributed by atoms with Crippen molar-refractivity contribution < 1.29 is 4.79 Å². The van der Waals surface area contributed by atoms with Gasteiger partial charge in [0.1, 0.15) is 5.82 Å². The van der Waals surface area contributed by atoms with Gasteiger partial charge in [-0.1, -0.05) is 0 Å². The van der Waals surface area contributed by atoms with Crippen LogP contribution in [0.4, 0.5) is 10.6 Å². The van der Waals surface area contributed by atoms with Crippen molar-refractivity contribution in [3.8, 4) is 0 Å². The van der Waals surface area contributed by atoms with Crippen LogP contribution < -0.4 is 10.6 Å². The lowest BCUT2D eigenvalue weighted by molar-refractivity contribution is -0.0127. The Balaban J connectivity index is 1.46. The van der Waals surface area contributed by atoms with Crippen LogP contribution in [0.15, 0.2) is 12.1 Å². The molecule has 0 aromatic carbocycles. The summed E-state index contributed by atoms with van der Waals surface area (Å²) in [6, 6.07) is 3.86. The Labute approximate surface area is 132 Å². The van der Waals surface area contributed by atoms with E-state index in [1.165, 1.54) is 38.5 Å². The molecule has 0 saturated heterocycles. The fourth-order valence-corrected chi connectivity index (χ4v) is 5.56. The van der Waals surface area contributed by atoms with E-state index in [1.807, 2.05) is 26.0 Å². The maximum atomic E-state index is 12.5. The van der Waals surface area contributed by atoms with E-state index in [0.29, 0.717) is 5.82 Å². The van der Waals surface area contributed by atoms with Crippen LogP contribution in [-0.4, -0.2) is 16.6 Å². The van der Waals surface area contributed by atoms with Crippen LogP contribution in [0.2, 0.25) is 0 Å². The summed E-state index contributed by atoms with van der Waals surface area (Å²) < 4.78 is 0. The van der Waals surface area contributed by atoms with Crippen LogP contribution in [0.5, 0.6) is 0 Å². The maximum absolute atomic E-state index is 12.5. The zero-order chi connectivity index (χ0) is 15.3. The number of carbonyl (C=O) groups is 1. The average molecular weight is 299 g/mol. The molecule has 2 amide bonds. The quantitative estimate of drug-likeness (QED) is 0.873. The molecule has 4 saturated carbocycles. The third-order valence-electron chi connectivity index (χ3n) is 5.76. The van der Waals surface area contributed by atoms with E-state index < -0.39 is 0 Å². The van der Waals surface area contributed by atoms with Crippen molar-refractivity contribution >= 4 is 11.8 Å². The summed E-state index contributed by atoms with van der Waals surface area (Å²) in [4.78, 5) is 16.9. The summed E-state index contributed by atoms with van der Waals surface area (Å²) in [6.45, 7) is 3.98. The third kappa shape index (κ3) is 2.59. The van der Waals surface area contributed by atoms with Crippen LogP contribution in [-0.2, 0) is 0 Å². The lowest BCUT2D eigenvalue weighted by atomic mass is 9.53. The van der Waals surface area contributed by atoms with Gasteiger partial charge >= 0.3 is 6.03 Å². The van der Waals surface area contributed by atoms with E-state index in [0.717, 1.165) is 29.0 Å². The van der Waals surface area contributed by atoms with Crippen molar-refractivity contribution in [2.75, 3.05) is 5.32 Å². The molecule has 0 unspecified atom stereocenters. The van der Waals surface area contributed by atoms with Crippen molar-refractivity contribution in [2.24, 2.45) is 17.8 Å². The van der Waals surface area contributed by atoms with Crippen LogP contribution >= 0.6 is 0 Å². The Hall–Kier alpha value is -1.58. The molecule has 1 aromatic heterocycles. The Kier molecular flexibility index (Phi) is 3.17. The summed E-state index contributed by atoms with van der Waals surface area (Å²) in [6.07, 6.45) is 7.69. The molecule has 1 heterocycles. The first-order valence-corrected chi connectivity index (χ1v) is 8.54. The summed E-state index contributed by atoms with van der Waals surface area (Å²) in [5.74, 6) is 3.17. The Morgan fingerprint density at radius 1 is 1.09 bits per heavy atom. The molecule has 2 N–H and O–H groups in total. The lowest BCUT2D eigenvalue weighted by Gasteiger charge is -2.56. The molecule has 4 fully saturated rings. The number of nitrogens with one attached hydrogen (secondary N) is 2. The van der Waals surface area contributed by atoms with Crippen LogP contribution in [0.1, 0.15) is 49.8 Å². The first-order chi connectivity index (χ1) is 10.5. The SMILES string of the molecule is Cc1cc(C)nc(NC(=O)NC23CC4CC(CC(C4)C2)C3)c1. The van der Waals surface area contributed by atoms with Crippen molar-refractivity contribution in [3.63, 3.8) is 0 Å². The molecular formula is C18H25N3O. The van der Waals surface area contributed by atoms with Gasteiger partial charge in [-0.2, -0.15) is 0 Å². The molecule has 0 spiro atoms. The molecule has 118 valence electrons. The van der Waals surface area contributed by atoms with Crippen LogP contribution in [0.3, 0.4) is 0 Å². The van der Waals surface area contributed by atoms with E-state index in [9.17, 15) is 4.79 Å². The number of hydrogen-bond donors (Lipinski definition) is 2. The number of rotatable bonds is 2. The minimum absolute atomic E-state index is 0.0533. The molecule has 4 aliphatic carbocycles. The highest BCUT2D eigenvalue weighted by Gasteiger charge is 2.51. The molecular weight excluding hydrogens is 274 g/mol. The first kappa shape index (κ1) is 14.0. The highest BCUT2D eigenvalue weighted by molar-refractivity contribution is 5.88. The van der Waals surface area contributed by atoms with E-state index in [1.54, 1.807) is 0 Å². The predicted octanol–water partition coefficient (Wildman–Crippen LogP) is 3.79. The smallest absolute Gasteiger partial charge is 0.320 e. The van der Waals surface area contributed by atoms with Gasteiger partial charge in [0.05, 0.1) is 0 Å². The van der Waals surface area contributed by atoms with Crippen molar-refractivity contribution in [2.45, 2.75) is 57.9 Å². The molecule has 5 rings (SSSR count). The van der Waals surface area contributed by atoms with Crippen molar-refractivity contribution in [1.82, 2.24) is 10.3 Å². The van der Waals surface area contributed by atoms with Gasteiger partial charge in [-0.3, -0.25) is 5.32 Å². The van der Waals surface area contributed by atoms with Crippen LogP contribution in [0, 0.1) is 31.6 Å². The van der Waals surface area contributed by atoms with Crippen molar-refractivity contribution in [1.29, 1.82) is 0 Å². The molecule has 0 aliphatic heterocycles. The molecule has 0 radical (unpaired) electrons. The Bertz CT molecular complexity index is 555. The zero-order valence-corrected chi connectivity index (χ0v) is 13.5. The van der Waals surface area contributed by atoms with Gasteiger partial charge in [-0.25, -0.2) is 9.78 Å². The maximum Gasteiger partial charge on any atom is 0.320 e. The number of carbonyl (C=O) groups excluding carboxylic acids is 1. The second kappa shape index (κ2) is 4.97. The topological polar surface area (TPSA) is 54.0 Å². The number of amides is 2. The molecule has 22 heavy (non-hydrogen) atoms. The number of pyridine rings is 1. The first-order valence-electron chi connectivity index (χ1n) is 8.54. The van der Waals surface area contributed by atoms with Gasteiger partial charge in [-0.05, 0) is 87.8 Å². The van der Waals surface area contributed by atoms with Crippen molar-refractivity contribution in [3.05, 3.63) is 23.4 Å². The number of hydrogen-bond acceptors (Lipinski definition) is 2. The van der Waals surface area contributed by atoms with Gasteiger partial charge < -0.3 is 5.32 Å². The molecule has 4 aliphatic rings. The number of aromatic nitrogens is 1. The summed E-state index contributed by atoms with van der Waals surface area (Å²) in [5.41, 5.74) is 2.11. The molecule has 4 heteroatoms. The highest BCUT2D eigenvalue weighted by Crippen LogP contribution is 2.55. The lowest BCUT2D eigenvalue weighted by Crippen LogP contribution is -2.60. The second-order valence-corrected chi connectivity index (χ2v) is 7.95. The zero-order valence-electron chi connectivity index (χ0n) is 13.5. The van der Waals surface area contributed by atoms with Gasteiger partial charge in [-0.15, -0.1) is 0 Å². The fraction of sp³-hybridized carbons (Fsp3) is 0.667. The fourth-order valence-electron chi connectivity index (χ4n) is 5.56. The Morgan fingerprint density at radius 2 is 1.68 bits per heavy atom. The monoisotopic (exact) mass is 299 g/mol. The number of urea groups is 1. The molecule has 4 nitrogen and oxygen atoms in total. The highest BCUT2D eigenvalue weighted by atomic mass is 16.2. The standard InChI is InChI=1S/C18H25N3O/c1-11-3-12(2)19-16(4-11)20-17(22)21-18-8-13-5-14(9-18)7-15(6-13)10-18/h3-4,13-15H,5-10H2,1-2H3,(H2,19,20,21,22). The summed E-state index contributed by atoms with van der Waals surface area (Å²) >= 11 is 0. The van der Waals surface area contributed by atoms with Gasteiger partial charge in [0, 0.05) is 11.2 Å². The normalized spacial score (nSPS) is 35.5. The molecule has 4 bridgehead atoms. The van der Waals surface area contributed by atoms with Crippen LogP contribution in [0.25, 0.3) is 0 Å². The Morgan fingerprint density at radius 3 is 2.23 bits per heavy atom. The predicted molar refractivity (Wildman–Crippen MR) is 86.8 cm³/mol. The largest absolute Gasteiger partial charge is 0.332 e. The molecule has 1 aromatic rings. The second-order valence-electron chi connectivity index (χ2n) is 7.95. The summed E-state index contributed by atoms with van der Waals surface area (Å²) in [5, 5.41) is 6.26. The number of nitrogens with zero attached hydrogens (tertiary/aromatic N) is 1. The minimum atomic E-state index is -0.0838. The van der Waals surface area contributed by atoms with Gasteiger partial charge in [0.25, 0.3) is 0 Å². The van der Waals surface area contributed by atoms with E-state index in [2.05, 4.69) is 15.6 Å². The van der Waals surface area contributed by atoms with Gasteiger partial charge in [0.15, 0.2) is 0 Å². The summed E-state index contributed by atoms with van der Waals surface area (Å²) in [7, 11) is 0. The number of anilines is 1. The van der Waals surface area contributed by atoms with E-state index >= 15 is 0 Å².